The predicted molar refractivity (Wildman–Crippen MR) is 98.3 cm³/mol. The number of benzene rings is 2. The minimum atomic E-state index is -0.869. The van der Waals surface area contributed by atoms with Crippen LogP contribution in [0.15, 0.2) is 48.5 Å². The van der Waals surface area contributed by atoms with Crippen molar-refractivity contribution in [2.75, 3.05) is 19.0 Å². The van der Waals surface area contributed by atoms with Gasteiger partial charge in [-0.1, -0.05) is 41.9 Å². The van der Waals surface area contributed by atoms with E-state index in [4.69, 9.17) is 21.1 Å². The number of methoxy groups -OCH3 is 1. The smallest absolute Gasteiger partial charge is 0.266 e. The number of halogens is 1. The Kier molecular flexibility index (Phi) is 5.75. The van der Waals surface area contributed by atoms with Gasteiger partial charge in [-0.25, -0.2) is 0 Å². The average molecular weight is 375 g/mol. The highest BCUT2D eigenvalue weighted by molar-refractivity contribution is 6.31. The van der Waals surface area contributed by atoms with Gasteiger partial charge in [0.15, 0.2) is 6.10 Å². The Morgan fingerprint density at radius 3 is 2.77 bits per heavy atom. The van der Waals surface area contributed by atoms with Crippen LogP contribution in [0.1, 0.15) is 18.1 Å². The predicted octanol–water partition coefficient (Wildman–Crippen LogP) is 2.93. The number of hydrogen-bond donors (Lipinski definition) is 2. The molecule has 0 saturated carbocycles. The van der Waals surface area contributed by atoms with E-state index in [1.54, 1.807) is 37.4 Å². The minimum Gasteiger partial charge on any atom is -0.478 e. The molecule has 0 aliphatic carbocycles. The molecule has 2 aromatic rings. The molecule has 3 rings (SSSR count). The number of carbonyl (C=O) groups excluding carboxylic acids is 2. The summed E-state index contributed by atoms with van der Waals surface area (Å²) in [7, 11) is 1.55. The molecule has 136 valence electrons. The zero-order valence-corrected chi connectivity index (χ0v) is 15.0. The largest absolute Gasteiger partial charge is 0.478 e. The molecular formula is C19H19ClN2O4. The quantitative estimate of drug-likeness (QED) is 0.815. The van der Waals surface area contributed by atoms with Crippen molar-refractivity contribution in [3.8, 4) is 5.75 Å². The zero-order chi connectivity index (χ0) is 18.5. The number of anilines is 1. The van der Waals surface area contributed by atoms with Crippen LogP contribution in [0.5, 0.6) is 5.75 Å². The highest BCUT2D eigenvalue weighted by Crippen LogP contribution is 2.29. The van der Waals surface area contributed by atoms with Crippen molar-refractivity contribution in [2.24, 2.45) is 0 Å². The van der Waals surface area contributed by atoms with Gasteiger partial charge in [0.1, 0.15) is 11.9 Å². The summed E-state index contributed by atoms with van der Waals surface area (Å²) in [4.78, 5) is 24.3. The van der Waals surface area contributed by atoms with Crippen LogP contribution in [-0.2, 0) is 14.3 Å². The highest BCUT2D eigenvalue weighted by atomic mass is 35.5. The monoisotopic (exact) mass is 374 g/mol. The lowest BCUT2D eigenvalue weighted by Crippen LogP contribution is -2.41. The van der Waals surface area contributed by atoms with Crippen LogP contribution in [0.4, 0.5) is 5.69 Å². The molecule has 2 aromatic carbocycles. The van der Waals surface area contributed by atoms with Crippen molar-refractivity contribution in [1.29, 1.82) is 0 Å². The lowest BCUT2D eigenvalue weighted by molar-refractivity contribution is -0.130. The maximum Gasteiger partial charge on any atom is 0.266 e. The average Bonchev–Trinajstić information content (AvgIpc) is 2.64. The number of nitrogens with one attached hydrogen (secondary N) is 2. The summed E-state index contributed by atoms with van der Waals surface area (Å²) in [5.74, 6) is -0.0948. The number of hydrogen-bond acceptors (Lipinski definition) is 4. The van der Waals surface area contributed by atoms with E-state index in [0.717, 1.165) is 5.56 Å². The van der Waals surface area contributed by atoms with Gasteiger partial charge in [-0.3, -0.25) is 9.59 Å². The molecule has 1 aliphatic heterocycles. The Hall–Kier alpha value is -2.57. The molecular weight excluding hydrogens is 356 g/mol. The SMILES string of the molecule is COC(CNC(=O)CC1Oc2ccccc2NC1=O)c1ccccc1Cl. The van der Waals surface area contributed by atoms with E-state index in [-0.39, 0.29) is 30.9 Å². The van der Waals surface area contributed by atoms with Crippen LogP contribution < -0.4 is 15.4 Å². The van der Waals surface area contributed by atoms with E-state index in [9.17, 15) is 9.59 Å². The van der Waals surface area contributed by atoms with Gasteiger partial charge < -0.3 is 20.1 Å². The van der Waals surface area contributed by atoms with Gasteiger partial charge in [-0.05, 0) is 18.2 Å². The summed E-state index contributed by atoms with van der Waals surface area (Å²) in [6.07, 6.45) is -1.33. The number of carbonyl (C=O) groups is 2. The second-order valence-corrected chi connectivity index (χ2v) is 6.25. The first-order chi connectivity index (χ1) is 12.6. The van der Waals surface area contributed by atoms with E-state index in [1.807, 2.05) is 18.2 Å². The molecule has 26 heavy (non-hydrogen) atoms. The van der Waals surface area contributed by atoms with Crippen molar-refractivity contribution in [2.45, 2.75) is 18.6 Å². The van der Waals surface area contributed by atoms with Gasteiger partial charge in [-0.15, -0.1) is 0 Å². The molecule has 1 heterocycles. The second kappa shape index (κ2) is 8.21. The van der Waals surface area contributed by atoms with Gasteiger partial charge in [0.2, 0.25) is 5.91 Å². The number of rotatable bonds is 6. The van der Waals surface area contributed by atoms with Crippen molar-refractivity contribution in [3.05, 3.63) is 59.1 Å². The third-order valence-corrected chi connectivity index (χ3v) is 4.44. The molecule has 2 N–H and O–H groups in total. The van der Waals surface area contributed by atoms with Crippen LogP contribution >= 0.6 is 11.6 Å². The van der Waals surface area contributed by atoms with Crippen molar-refractivity contribution in [3.63, 3.8) is 0 Å². The van der Waals surface area contributed by atoms with E-state index >= 15 is 0 Å². The normalized spacial score (nSPS) is 16.8. The fourth-order valence-corrected chi connectivity index (χ4v) is 2.99. The molecule has 2 atom stereocenters. The van der Waals surface area contributed by atoms with E-state index in [1.165, 1.54) is 0 Å². The highest BCUT2D eigenvalue weighted by Gasteiger charge is 2.29. The molecule has 2 unspecified atom stereocenters. The van der Waals surface area contributed by atoms with Gasteiger partial charge in [0.25, 0.3) is 5.91 Å². The molecule has 6 nitrogen and oxygen atoms in total. The Morgan fingerprint density at radius 2 is 2.00 bits per heavy atom. The fourth-order valence-electron chi connectivity index (χ4n) is 2.73. The number of ether oxygens (including phenoxy) is 2. The zero-order valence-electron chi connectivity index (χ0n) is 14.2. The first kappa shape index (κ1) is 18.2. The van der Waals surface area contributed by atoms with Gasteiger partial charge in [-0.2, -0.15) is 0 Å². The molecule has 7 heteroatoms. The Labute approximate surface area is 156 Å². The molecule has 2 amide bonds. The maximum atomic E-state index is 12.2. The number of amides is 2. The Bertz CT molecular complexity index is 812. The molecule has 1 aliphatic rings. The summed E-state index contributed by atoms with van der Waals surface area (Å²) in [6.45, 7) is 0.240. The minimum absolute atomic E-state index is 0.0842. The van der Waals surface area contributed by atoms with E-state index in [2.05, 4.69) is 10.6 Å². The Balaban J connectivity index is 1.57. The van der Waals surface area contributed by atoms with Crippen LogP contribution in [0, 0.1) is 0 Å². The lowest BCUT2D eigenvalue weighted by Gasteiger charge is -2.25. The molecule has 0 spiro atoms. The Morgan fingerprint density at radius 1 is 1.27 bits per heavy atom. The van der Waals surface area contributed by atoms with Gasteiger partial charge >= 0.3 is 0 Å². The topological polar surface area (TPSA) is 76.7 Å². The third kappa shape index (κ3) is 4.15. The number of fused-ring (bicyclic) bond motifs is 1. The van der Waals surface area contributed by atoms with E-state index < -0.39 is 6.10 Å². The van der Waals surface area contributed by atoms with Gasteiger partial charge in [0, 0.05) is 24.2 Å². The summed E-state index contributed by atoms with van der Waals surface area (Å²) in [5, 5.41) is 6.08. The fraction of sp³-hybridized carbons (Fsp3) is 0.263. The molecule has 0 saturated heterocycles. The van der Waals surface area contributed by atoms with Crippen LogP contribution in [0.2, 0.25) is 5.02 Å². The van der Waals surface area contributed by atoms with Crippen LogP contribution in [-0.4, -0.2) is 31.6 Å². The van der Waals surface area contributed by atoms with Crippen LogP contribution in [0.25, 0.3) is 0 Å². The molecule has 0 fully saturated rings. The number of para-hydroxylation sites is 2. The summed E-state index contributed by atoms with van der Waals surface area (Å²) in [5.41, 5.74) is 1.39. The van der Waals surface area contributed by atoms with Gasteiger partial charge in [0.05, 0.1) is 12.1 Å². The maximum absolute atomic E-state index is 12.2. The summed E-state index contributed by atoms with van der Waals surface area (Å²) in [6, 6.07) is 14.4. The standard InChI is InChI=1S/C19H19ClN2O4/c1-25-17(12-6-2-3-7-13(12)20)11-21-18(23)10-16-19(24)22-14-8-4-5-9-15(14)26-16/h2-9,16-17H,10-11H2,1H3,(H,21,23)(H,22,24). The molecule has 0 aromatic heterocycles. The van der Waals surface area contributed by atoms with Crippen molar-refractivity contribution >= 4 is 29.1 Å². The first-order valence-electron chi connectivity index (χ1n) is 8.19. The van der Waals surface area contributed by atoms with Crippen molar-refractivity contribution < 1.29 is 19.1 Å². The third-order valence-electron chi connectivity index (χ3n) is 4.10. The summed E-state index contributed by atoms with van der Waals surface area (Å²) >= 11 is 6.17. The molecule has 0 radical (unpaired) electrons. The lowest BCUT2D eigenvalue weighted by atomic mass is 10.1. The first-order valence-corrected chi connectivity index (χ1v) is 8.56. The van der Waals surface area contributed by atoms with Crippen molar-refractivity contribution in [1.82, 2.24) is 5.32 Å². The van der Waals surface area contributed by atoms with E-state index in [0.29, 0.717) is 16.5 Å². The second-order valence-electron chi connectivity index (χ2n) is 5.85. The molecule has 0 bridgehead atoms. The van der Waals surface area contributed by atoms with Crippen LogP contribution in [0.3, 0.4) is 0 Å². The summed E-state index contributed by atoms with van der Waals surface area (Å²) < 4.78 is 11.0.